The molecule has 6 heteroatoms. The third-order valence-electron chi connectivity index (χ3n) is 2.98. The quantitative estimate of drug-likeness (QED) is 0.886. The smallest absolute Gasteiger partial charge is 0.224 e. The van der Waals surface area contributed by atoms with E-state index in [1.165, 1.54) is 0 Å². The monoisotopic (exact) mass is 260 g/mol. The van der Waals surface area contributed by atoms with Crippen molar-refractivity contribution in [3.05, 3.63) is 41.8 Å². The molecule has 1 aliphatic rings. The Bertz CT molecular complexity index is 605. The number of halogens is 1. The van der Waals surface area contributed by atoms with Crippen molar-refractivity contribution in [2.75, 3.05) is 24.3 Å². The fourth-order valence-electron chi connectivity index (χ4n) is 2.04. The molecule has 98 valence electrons. The zero-order valence-electron chi connectivity index (χ0n) is 10.4. The van der Waals surface area contributed by atoms with Crippen LogP contribution in [0.1, 0.15) is 11.6 Å². The molecular formula is C13H13FN4O. The van der Waals surface area contributed by atoms with Crippen molar-refractivity contribution in [3.8, 4) is 5.75 Å². The third kappa shape index (κ3) is 2.16. The predicted octanol–water partition coefficient (Wildman–Crippen LogP) is 2.20. The Kier molecular flexibility index (Phi) is 2.91. The average Bonchev–Trinajstić information content (AvgIpc) is 2.85. The van der Waals surface area contributed by atoms with Crippen LogP contribution in [0.2, 0.25) is 0 Å². The normalized spacial score (nSPS) is 16.6. The number of fused-ring (bicyclic) bond motifs is 1. The molecule has 0 fully saturated rings. The maximum Gasteiger partial charge on any atom is 0.224 e. The van der Waals surface area contributed by atoms with Crippen molar-refractivity contribution < 1.29 is 9.13 Å². The van der Waals surface area contributed by atoms with Crippen molar-refractivity contribution in [2.24, 2.45) is 0 Å². The first kappa shape index (κ1) is 11.7. The second kappa shape index (κ2) is 4.72. The summed E-state index contributed by atoms with van der Waals surface area (Å²) in [5.41, 5.74) is 1.01. The van der Waals surface area contributed by atoms with Crippen LogP contribution in [0.3, 0.4) is 0 Å². The lowest BCUT2D eigenvalue weighted by Gasteiger charge is -2.13. The zero-order valence-corrected chi connectivity index (χ0v) is 10.4. The van der Waals surface area contributed by atoms with Crippen molar-refractivity contribution in [2.45, 2.75) is 6.04 Å². The first-order valence-electron chi connectivity index (χ1n) is 5.96. The van der Waals surface area contributed by atoms with Gasteiger partial charge in [0.15, 0.2) is 11.6 Å². The lowest BCUT2D eigenvalue weighted by Crippen LogP contribution is -2.15. The SMILES string of the molecule is CNc1ncc(F)c(NC2COc3ccccc32)n1. The Morgan fingerprint density at radius 2 is 2.21 bits per heavy atom. The van der Waals surface area contributed by atoms with Crippen LogP contribution < -0.4 is 15.4 Å². The molecule has 0 spiro atoms. The van der Waals surface area contributed by atoms with E-state index in [2.05, 4.69) is 20.6 Å². The van der Waals surface area contributed by atoms with Gasteiger partial charge in [0.05, 0.1) is 12.2 Å². The van der Waals surface area contributed by atoms with Gasteiger partial charge in [-0.15, -0.1) is 0 Å². The van der Waals surface area contributed by atoms with E-state index in [4.69, 9.17) is 4.74 Å². The number of rotatable bonds is 3. The van der Waals surface area contributed by atoms with Gasteiger partial charge < -0.3 is 15.4 Å². The number of anilines is 2. The molecule has 3 rings (SSSR count). The van der Waals surface area contributed by atoms with Gasteiger partial charge in [-0.3, -0.25) is 0 Å². The highest BCUT2D eigenvalue weighted by atomic mass is 19.1. The summed E-state index contributed by atoms with van der Waals surface area (Å²) in [6, 6.07) is 7.58. The summed E-state index contributed by atoms with van der Waals surface area (Å²) in [5.74, 6) is 0.882. The first-order valence-corrected chi connectivity index (χ1v) is 5.96. The molecule has 1 aliphatic heterocycles. The molecule has 1 unspecified atom stereocenters. The van der Waals surface area contributed by atoms with Crippen molar-refractivity contribution >= 4 is 11.8 Å². The van der Waals surface area contributed by atoms with Crippen molar-refractivity contribution in [1.29, 1.82) is 0 Å². The molecule has 2 N–H and O–H groups in total. The Labute approximate surface area is 109 Å². The number of benzene rings is 1. The summed E-state index contributed by atoms with van der Waals surface area (Å²) in [4.78, 5) is 7.87. The molecule has 0 radical (unpaired) electrons. The van der Waals surface area contributed by atoms with Crippen molar-refractivity contribution in [1.82, 2.24) is 9.97 Å². The molecule has 1 atom stereocenters. The van der Waals surface area contributed by atoms with E-state index in [1.54, 1.807) is 7.05 Å². The van der Waals surface area contributed by atoms with Crippen LogP contribution in [0.25, 0.3) is 0 Å². The van der Waals surface area contributed by atoms with Crippen LogP contribution in [0.15, 0.2) is 30.5 Å². The van der Waals surface area contributed by atoms with Gasteiger partial charge in [0.2, 0.25) is 5.95 Å². The molecule has 5 nitrogen and oxygen atoms in total. The minimum atomic E-state index is -0.483. The highest BCUT2D eigenvalue weighted by molar-refractivity contribution is 5.48. The number of ether oxygens (including phenoxy) is 1. The number of hydrogen-bond donors (Lipinski definition) is 2. The number of aromatic nitrogens is 2. The molecular weight excluding hydrogens is 247 g/mol. The van der Waals surface area contributed by atoms with Gasteiger partial charge in [0.1, 0.15) is 12.4 Å². The molecule has 2 aromatic rings. The Morgan fingerprint density at radius 3 is 3.05 bits per heavy atom. The first-order chi connectivity index (χ1) is 9.28. The summed E-state index contributed by atoms with van der Waals surface area (Å²) in [6.07, 6.45) is 1.14. The van der Waals surface area contributed by atoms with E-state index >= 15 is 0 Å². The van der Waals surface area contributed by atoms with E-state index in [-0.39, 0.29) is 11.9 Å². The maximum absolute atomic E-state index is 13.7. The maximum atomic E-state index is 13.7. The summed E-state index contributed by atoms with van der Waals surface area (Å²) >= 11 is 0. The van der Waals surface area contributed by atoms with Gasteiger partial charge in [-0.2, -0.15) is 4.98 Å². The molecule has 0 saturated heterocycles. The predicted molar refractivity (Wildman–Crippen MR) is 69.8 cm³/mol. The lowest BCUT2D eigenvalue weighted by molar-refractivity contribution is 0.339. The van der Waals surface area contributed by atoms with Gasteiger partial charge in [0, 0.05) is 12.6 Å². The van der Waals surface area contributed by atoms with Crippen LogP contribution in [-0.2, 0) is 0 Å². The van der Waals surface area contributed by atoms with Gasteiger partial charge in [-0.25, -0.2) is 9.37 Å². The highest BCUT2D eigenvalue weighted by Gasteiger charge is 2.24. The van der Waals surface area contributed by atoms with Crippen LogP contribution >= 0.6 is 0 Å². The minimum Gasteiger partial charge on any atom is -0.491 e. The molecule has 1 aromatic heterocycles. The zero-order chi connectivity index (χ0) is 13.2. The molecule has 0 bridgehead atoms. The number of para-hydroxylation sites is 1. The van der Waals surface area contributed by atoms with E-state index in [1.807, 2.05) is 24.3 Å². The number of nitrogens with zero attached hydrogens (tertiary/aromatic N) is 2. The average molecular weight is 260 g/mol. The van der Waals surface area contributed by atoms with Crippen LogP contribution in [0.5, 0.6) is 5.75 Å². The van der Waals surface area contributed by atoms with Gasteiger partial charge >= 0.3 is 0 Å². The fourth-order valence-corrected chi connectivity index (χ4v) is 2.04. The molecule has 0 aliphatic carbocycles. The van der Waals surface area contributed by atoms with Crippen LogP contribution in [-0.4, -0.2) is 23.6 Å². The Hall–Kier alpha value is -2.37. The minimum absolute atomic E-state index is 0.106. The second-order valence-corrected chi connectivity index (χ2v) is 4.19. The highest BCUT2D eigenvalue weighted by Crippen LogP contribution is 2.34. The fraction of sp³-hybridized carbons (Fsp3) is 0.231. The van der Waals surface area contributed by atoms with E-state index in [9.17, 15) is 4.39 Å². The van der Waals surface area contributed by atoms with Gasteiger partial charge in [-0.05, 0) is 6.07 Å². The molecule has 1 aromatic carbocycles. The van der Waals surface area contributed by atoms with Gasteiger partial charge in [0.25, 0.3) is 0 Å². The topological polar surface area (TPSA) is 59.1 Å². The molecule has 0 saturated carbocycles. The van der Waals surface area contributed by atoms with E-state index in [0.717, 1.165) is 17.5 Å². The second-order valence-electron chi connectivity index (χ2n) is 4.19. The van der Waals surface area contributed by atoms with Crippen LogP contribution in [0.4, 0.5) is 16.2 Å². The van der Waals surface area contributed by atoms with Gasteiger partial charge in [-0.1, -0.05) is 18.2 Å². The summed E-state index contributed by atoms with van der Waals surface area (Å²) in [7, 11) is 1.69. The largest absolute Gasteiger partial charge is 0.491 e. The summed E-state index contributed by atoms with van der Waals surface area (Å²) in [6.45, 7) is 0.456. The van der Waals surface area contributed by atoms with E-state index < -0.39 is 5.82 Å². The molecule has 0 amide bonds. The van der Waals surface area contributed by atoms with Crippen molar-refractivity contribution in [3.63, 3.8) is 0 Å². The summed E-state index contributed by atoms with van der Waals surface area (Å²) < 4.78 is 19.2. The third-order valence-corrected chi connectivity index (χ3v) is 2.98. The molecule has 19 heavy (non-hydrogen) atoms. The standard InChI is InChI=1S/C13H13FN4O/c1-15-13-16-6-9(14)12(18-13)17-10-7-19-11-5-3-2-4-8(10)11/h2-6,10H,7H2,1H3,(H2,15,16,17,18). The molecule has 2 heterocycles. The van der Waals surface area contributed by atoms with E-state index in [0.29, 0.717) is 12.6 Å². The Balaban J connectivity index is 1.87. The Morgan fingerprint density at radius 1 is 1.37 bits per heavy atom. The number of nitrogens with one attached hydrogen (secondary N) is 2. The number of hydrogen-bond acceptors (Lipinski definition) is 5. The van der Waals surface area contributed by atoms with Crippen LogP contribution in [0, 0.1) is 5.82 Å². The summed E-state index contributed by atoms with van der Waals surface area (Å²) in [5, 5.41) is 5.83. The lowest BCUT2D eigenvalue weighted by atomic mass is 10.1.